The van der Waals surface area contributed by atoms with Gasteiger partial charge in [-0.2, -0.15) is 5.10 Å². The van der Waals surface area contributed by atoms with E-state index in [1.807, 2.05) is 20.8 Å². The van der Waals surface area contributed by atoms with Crippen LogP contribution in [0.15, 0.2) is 76.7 Å². The molecule has 3 aromatic rings. The molecular formula is C28H31ClN4O6S. The molecule has 12 heteroatoms. The number of benzene rings is 3. The monoisotopic (exact) mass is 586 g/mol. The predicted octanol–water partition coefficient (Wildman–Crippen LogP) is 3.91. The fourth-order valence-corrected chi connectivity index (χ4v) is 5.13. The maximum absolute atomic E-state index is 13.5. The average molecular weight is 587 g/mol. The van der Waals surface area contributed by atoms with Gasteiger partial charge in [-0.3, -0.25) is 13.9 Å². The molecule has 0 aliphatic carbocycles. The van der Waals surface area contributed by atoms with Crippen LogP contribution in [0, 0.1) is 6.92 Å². The van der Waals surface area contributed by atoms with Gasteiger partial charge in [0, 0.05) is 6.04 Å². The van der Waals surface area contributed by atoms with Crippen molar-refractivity contribution in [3.63, 3.8) is 0 Å². The molecule has 3 rings (SSSR count). The van der Waals surface area contributed by atoms with Crippen molar-refractivity contribution >= 4 is 45.3 Å². The highest BCUT2D eigenvalue weighted by Gasteiger charge is 2.28. The largest absolute Gasteiger partial charge is 0.495 e. The number of amides is 2. The molecule has 0 aliphatic rings. The Morgan fingerprint density at radius 2 is 1.70 bits per heavy atom. The van der Waals surface area contributed by atoms with Crippen molar-refractivity contribution in [2.24, 2.45) is 5.10 Å². The summed E-state index contributed by atoms with van der Waals surface area (Å²) in [6, 6.07) is 17.5. The minimum absolute atomic E-state index is 0.0188. The standard InChI is InChI=1S/C28H31ClN4O6S/c1-19(2)31-28(35)18-39-23-10-7-21(8-11-23)16-30-32-27(34)17-33(22-9-14-26(38-4)25(29)15-22)40(36,37)24-12-5-20(3)6-13-24/h5-16,19H,17-18H2,1-4H3,(H,31,35)(H,32,34)/b30-16-. The van der Waals surface area contributed by atoms with Gasteiger partial charge in [-0.25, -0.2) is 13.8 Å². The summed E-state index contributed by atoms with van der Waals surface area (Å²) in [5.41, 5.74) is 4.07. The number of methoxy groups -OCH3 is 1. The average Bonchev–Trinajstić information content (AvgIpc) is 2.91. The number of halogens is 1. The fraction of sp³-hybridized carbons (Fsp3) is 0.250. The molecule has 0 atom stereocenters. The Labute approximate surface area is 239 Å². The lowest BCUT2D eigenvalue weighted by atomic mass is 10.2. The van der Waals surface area contributed by atoms with E-state index in [0.717, 1.165) is 9.87 Å². The first-order valence-electron chi connectivity index (χ1n) is 12.3. The van der Waals surface area contributed by atoms with Crippen molar-refractivity contribution in [1.29, 1.82) is 0 Å². The highest BCUT2D eigenvalue weighted by atomic mass is 35.5. The Hall–Kier alpha value is -4.09. The van der Waals surface area contributed by atoms with Crippen molar-refractivity contribution < 1.29 is 27.5 Å². The summed E-state index contributed by atoms with van der Waals surface area (Å²) in [4.78, 5) is 24.5. The molecule has 0 fully saturated rings. The number of rotatable bonds is 12. The summed E-state index contributed by atoms with van der Waals surface area (Å²) < 4.78 is 38.6. The Morgan fingerprint density at radius 1 is 1.02 bits per heavy atom. The van der Waals surface area contributed by atoms with E-state index >= 15 is 0 Å². The molecule has 212 valence electrons. The molecule has 10 nitrogen and oxygen atoms in total. The first-order chi connectivity index (χ1) is 19.0. The molecule has 0 aromatic heterocycles. The number of sulfonamides is 1. The minimum atomic E-state index is -4.12. The number of carbonyl (C=O) groups excluding carboxylic acids is 2. The summed E-state index contributed by atoms with van der Waals surface area (Å²) in [6.45, 7) is 4.90. The van der Waals surface area contributed by atoms with E-state index in [1.165, 1.54) is 43.7 Å². The van der Waals surface area contributed by atoms with Crippen LogP contribution in [0.4, 0.5) is 5.69 Å². The van der Waals surface area contributed by atoms with E-state index in [2.05, 4.69) is 15.8 Å². The second kappa shape index (κ2) is 13.8. The zero-order chi connectivity index (χ0) is 29.3. The van der Waals surface area contributed by atoms with Crippen LogP contribution in [0.25, 0.3) is 0 Å². The van der Waals surface area contributed by atoms with Gasteiger partial charge in [0.15, 0.2) is 6.61 Å². The third-order valence-corrected chi connectivity index (χ3v) is 7.51. The van der Waals surface area contributed by atoms with Crippen molar-refractivity contribution in [1.82, 2.24) is 10.7 Å². The third-order valence-electron chi connectivity index (χ3n) is 5.42. The SMILES string of the molecule is COc1ccc(N(CC(=O)N/N=C\c2ccc(OCC(=O)NC(C)C)cc2)S(=O)(=O)c2ccc(C)cc2)cc1Cl. The van der Waals surface area contributed by atoms with Gasteiger partial charge in [-0.15, -0.1) is 0 Å². The minimum Gasteiger partial charge on any atom is -0.495 e. The van der Waals surface area contributed by atoms with Crippen LogP contribution in [0.3, 0.4) is 0 Å². The molecule has 0 heterocycles. The van der Waals surface area contributed by atoms with Gasteiger partial charge in [0.25, 0.3) is 21.8 Å². The van der Waals surface area contributed by atoms with Crippen LogP contribution < -0.4 is 24.5 Å². The number of ether oxygens (including phenoxy) is 2. The number of hydrogen-bond donors (Lipinski definition) is 2. The fourth-order valence-electron chi connectivity index (χ4n) is 3.47. The van der Waals surface area contributed by atoms with Crippen molar-refractivity contribution in [3.05, 3.63) is 82.9 Å². The maximum atomic E-state index is 13.5. The van der Waals surface area contributed by atoms with E-state index in [9.17, 15) is 18.0 Å². The van der Waals surface area contributed by atoms with Crippen molar-refractivity contribution in [2.45, 2.75) is 31.7 Å². The Morgan fingerprint density at radius 3 is 2.30 bits per heavy atom. The van der Waals surface area contributed by atoms with Crippen LogP contribution in [-0.2, 0) is 19.6 Å². The van der Waals surface area contributed by atoms with Gasteiger partial charge in [0.05, 0.1) is 28.9 Å². The number of carbonyl (C=O) groups is 2. The highest BCUT2D eigenvalue weighted by molar-refractivity contribution is 7.92. The molecular weight excluding hydrogens is 556 g/mol. The van der Waals surface area contributed by atoms with Crippen LogP contribution >= 0.6 is 11.6 Å². The van der Waals surface area contributed by atoms with E-state index in [-0.39, 0.29) is 34.2 Å². The molecule has 2 amide bonds. The van der Waals surface area contributed by atoms with Gasteiger partial charge in [-0.05, 0) is 80.9 Å². The van der Waals surface area contributed by atoms with Crippen LogP contribution in [0.1, 0.15) is 25.0 Å². The molecule has 0 radical (unpaired) electrons. The Balaban J connectivity index is 1.71. The summed E-state index contributed by atoms with van der Waals surface area (Å²) in [5.74, 6) is -0.0358. The lowest BCUT2D eigenvalue weighted by Crippen LogP contribution is -2.39. The van der Waals surface area contributed by atoms with Gasteiger partial charge >= 0.3 is 0 Å². The Bertz CT molecular complexity index is 1460. The summed E-state index contributed by atoms with van der Waals surface area (Å²) >= 11 is 6.25. The van der Waals surface area contributed by atoms with E-state index in [0.29, 0.717) is 17.1 Å². The van der Waals surface area contributed by atoms with Gasteiger partial charge in [0.2, 0.25) is 0 Å². The number of aryl methyl sites for hydroxylation is 1. The number of hydrazone groups is 1. The van der Waals surface area contributed by atoms with E-state index in [1.54, 1.807) is 36.4 Å². The topological polar surface area (TPSA) is 126 Å². The normalized spacial score (nSPS) is 11.3. The molecule has 3 aromatic carbocycles. The van der Waals surface area contributed by atoms with Crippen molar-refractivity contribution in [3.8, 4) is 11.5 Å². The number of anilines is 1. The highest BCUT2D eigenvalue weighted by Crippen LogP contribution is 2.32. The van der Waals surface area contributed by atoms with Gasteiger partial charge < -0.3 is 14.8 Å². The molecule has 0 saturated heterocycles. The van der Waals surface area contributed by atoms with Crippen LogP contribution in [-0.4, -0.2) is 52.8 Å². The maximum Gasteiger partial charge on any atom is 0.264 e. The van der Waals surface area contributed by atoms with E-state index < -0.39 is 22.5 Å². The van der Waals surface area contributed by atoms with Crippen LogP contribution in [0.2, 0.25) is 5.02 Å². The quantitative estimate of drug-likeness (QED) is 0.245. The second-order valence-corrected chi connectivity index (χ2v) is 11.3. The number of nitrogens with one attached hydrogen (secondary N) is 2. The number of hydrogen-bond acceptors (Lipinski definition) is 7. The zero-order valence-corrected chi connectivity index (χ0v) is 24.1. The Kier molecular flexibility index (Phi) is 10.5. The first-order valence-corrected chi connectivity index (χ1v) is 14.1. The zero-order valence-electron chi connectivity index (χ0n) is 22.5. The molecule has 40 heavy (non-hydrogen) atoms. The summed E-state index contributed by atoms with van der Waals surface area (Å²) in [5, 5.41) is 6.87. The van der Waals surface area contributed by atoms with Gasteiger partial charge in [-0.1, -0.05) is 29.3 Å². The first kappa shape index (κ1) is 30.5. The van der Waals surface area contributed by atoms with Crippen LogP contribution in [0.5, 0.6) is 11.5 Å². The van der Waals surface area contributed by atoms with Crippen molar-refractivity contribution in [2.75, 3.05) is 24.6 Å². The molecule has 0 aliphatic heterocycles. The van der Waals surface area contributed by atoms with E-state index in [4.69, 9.17) is 21.1 Å². The van der Waals surface area contributed by atoms with Gasteiger partial charge in [0.1, 0.15) is 18.0 Å². The molecule has 2 N–H and O–H groups in total. The molecule has 0 unspecified atom stereocenters. The summed E-state index contributed by atoms with van der Waals surface area (Å²) in [6.07, 6.45) is 1.40. The number of nitrogens with zero attached hydrogens (tertiary/aromatic N) is 2. The molecule has 0 bridgehead atoms. The molecule has 0 saturated carbocycles. The second-order valence-electron chi connectivity index (χ2n) is 9.02. The summed E-state index contributed by atoms with van der Waals surface area (Å²) in [7, 11) is -2.68. The molecule has 0 spiro atoms. The predicted molar refractivity (Wildman–Crippen MR) is 155 cm³/mol. The lowest BCUT2D eigenvalue weighted by Gasteiger charge is -2.24. The third kappa shape index (κ3) is 8.45. The lowest BCUT2D eigenvalue weighted by molar-refractivity contribution is -0.123. The smallest absolute Gasteiger partial charge is 0.264 e.